The van der Waals surface area contributed by atoms with E-state index in [1.165, 1.54) is 12.0 Å². The Balaban J connectivity index is 2.37. The molecule has 0 bridgehead atoms. The summed E-state index contributed by atoms with van der Waals surface area (Å²) in [5.41, 5.74) is 0.965. The lowest BCUT2D eigenvalue weighted by atomic mass is 10.1. The highest BCUT2D eigenvalue weighted by molar-refractivity contribution is 6.09. The van der Waals surface area contributed by atoms with Gasteiger partial charge in [-0.3, -0.25) is 9.59 Å². The molecule has 8 nitrogen and oxygen atoms in total. The Hall–Kier alpha value is -2.87. The topological polar surface area (TPSA) is 108 Å². The van der Waals surface area contributed by atoms with Crippen LogP contribution in [0.2, 0.25) is 0 Å². The largest absolute Gasteiger partial charge is 0.466 e. The zero-order valence-electron chi connectivity index (χ0n) is 15.0. The Bertz CT molecular complexity index is 742. The number of para-hydroxylation sites is 1. The number of hydrogen-bond acceptors (Lipinski definition) is 6. The van der Waals surface area contributed by atoms with E-state index < -0.39 is 11.9 Å². The lowest BCUT2D eigenvalue weighted by Crippen LogP contribution is -2.32. The molecule has 0 fully saturated rings. The number of β-amino-alcohol motifs (C(OH)–C–C–N with tert-alkyl or cyclic N) is 1. The summed E-state index contributed by atoms with van der Waals surface area (Å²) in [5, 5.41) is 14.8. The monoisotopic (exact) mass is 361 g/mol. The summed E-state index contributed by atoms with van der Waals surface area (Å²) in [7, 11) is 1.23. The zero-order chi connectivity index (χ0) is 19.3. The van der Waals surface area contributed by atoms with E-state index in [0.717, 1.165) is 0 Å². The predicted octanol–water partition coefficient (Wildman–Crippen LogP) is 0.498. The van der Waals surface area contributed by atoms with E-state index in [1.54, 1.807) is 24.3 Å². The highest BCUT2D eigenvalue weighted by Crippen LogP contribution is 2.24. The number of nitrogens with one attached hydrogen (secondary N) is 2. The van der Waals surface area contributed by atoms with Gasteiger partial charge in [0.25, 0.3) is 11.8 Å². The Morgan fingerprint density at radius 1 is 1.31 bits per heavy atom. The summed E-state index contributed by atoms with van der Waals surface area (Å²) in [6, 6.07) is 6.67. The molecule has 1 aromatic rings. The van der Waals surface area contributed by atoms with Crippen LogP contribution in [0.15, 0.2) is 35.5 Å². The number of aliphatic hydroxyl groups is 1. The van der Waals surface area contributed by atoms with Crippen molar-refractivity contribution < 1.29 is 24.2 Å². The normalized spacial score (nSPS) is 14.0. The number of aliphatic hydroxyl groups excluding tert-OH is 1. The van der Waals surface area contributed by atoms with Crippen molar-refractivity contribution in [2.45, 2.75) is 19.9 Å². The molecule has 0 atom stereocenters. The molecule has 1 aromatic carbocycles. The summed E-state index contributed by atoms with van der Waals surface area (Å²) in [6.07, 6.45) is 0. The molecule has 1 heterocycles. The molecule has 0 unspecified atom stereocenters. The number of carbonyl (C=O) groups is 3. The van der Waals surface area contributed by atoms with Crippen LogP contribution >= 0.6 is 0 Å². The predicted molar refractivity (Wildman–Crippen MR) is 95.4 cm³/mol. The third kappa shape index (κ3) is 4.20. The molecule has 2 amide bonds. The van der Waals surface area contributed by atoms with Crippen molar-refractivity contribution in [2.24, 2.45) is 0 Å². The third-order valence-corrected chi connectivity index (χ3v) is 3.80. The van der Waals surface area contributed by atoms with Gasteiger partial charge >= 0.3 is 5.97 Å². The second-order valence-electron chi connectivity index (χ2n) is 6.09. The molecule has 0 radical (unpaired) electrons. The molecule has 0 spiro atoms. The molecule has 1 aliphatic rings. The fourth-order valence-electron chi connectivity index (χ4n) is 2.61. The van der Waals surface area contributed by atoms with E-state index in [2.05, 4.69) is 10.6 Å². The minimum Gasteiger partial charge on any atom is -0.466 e. The number of amides is 2. The summed E-state index contributed by atoms with van der Waals surface area (Å²) in [6.45, 7) is 3.60. The van der Waals surface area contributed by atoms with Gasteiger partial charge in [-0.15, -0.1) is 0 Å². The molecular weight excluding hydrogens is 338 g/mol. The van der Waals surface area contributed by atoms with Gasteiger partial charge in [-0.1, -0.05) is 12.1 Å². The summed E-state index contributed by atoms with van der Waals surface area (Å²) in [5.74, 6) is -1.36. The standard InChI is InChI=1S/C18H23N3O5/c1-11(2)19-16(23)12-6-4-5-7-14(12)20-15-13(18(25)26-3)10-21(8-9-22)17(15)24/h4-7,11,20,22H,8-10H2,1-3H3,(H,19,23). The van der Waals surface area contributed by atoms with Crippen LogP contribution in [0.1, 0.15) is 24.2 Å². The fourth-order valence-corrected chi connectivity index (χ4v) is 2.61. The van der Waals surface area contributed by atoms with Gasteiger partial charge in [-0.2, -0.15) is 0 Å². The second kappa shape index (κ2) is 8.48. The number of nitrogens with zero attached hydrogens (tertiary/aromatic N) is 1. The number of rotatable bonds is 7. The van der Waals surface area contributed by atoms with Gasteiger partial charge in [0.05, 0.1) is 37.1 Å². The molecule has 8 heteroatoms. The van der Waals surface area contributed by atoms with Crippen LogP contribution in [0.3, 0.4) is 0 Å². The fraction of sp³-hybridized carbons (Fsp3) is 0.389. The van der Waals surface area contributed by atoms with Crippen molar-refractivity contribution in [3.05, 3.63) is 41.1 Å². The Kier molecular flexibility index (Phi) is 6.35. The third-order valence-electron chi connectivity index (χ3n) is 3.80. The van der Waals surface area contributed by atoms with E-state index in [-0.39, 0.29) is 42.9 Å². The highest BCUT2D eigenvalue weighted by Gasteiger charge is 2.34. The summed E-state index contributed by atoms with van der Waals surface area (Å²) >= 11 is 0. The molecule has 26 heavy (non-hydrogen) atoms. The molecule has 0 saturated carbocycles. The lowest BCUT2D eigenvalue weighted by Gasteiger charge is -2.16. The van der Waals surface area contributed by atoms with E-state index in [0.29, 0.717) is 11.3 Å². The maximum absolute atomic E-state index is 12.6. The second-order valence-corrected chi connectivity index (χ2v) is 6.09. The summed E-state index contributed by atoms with van der Waals surface area (Å²) in [4.78, 5) is 38.3. The number of hydrogen-bond donors (Lipinski definition) is 3. The van der Waals surface area contributed by atoms with Gasteiger partial charge in [0, 0.05) is 12.6 Å². The van der Waals surface area contributed by atoms with Crippen molar-refractivity contribution in [1.82, 2.24) is 10.2 Å². The van der Waals surface area contributed by atoms with Crippen LogP contribution < -0.4 is 10.6 Å². The molecule has 1 aliphatic heterocycles. The van der Waals surface area contributed by atoms with Crippen LogP contribution in [0.4, 0.5) is 5.69 Å². The molecule has 2 rings (SSSR count). The van der Waals surface area contributed by atoms with Crippen molar-refractivity contribution in [3.63, 3.8) is 0 Å². The summed E-state index contributed by atoms with van der Waals surface area (Å²) < 4.78 is 4.75. The minimum absolute atomic E-state index is 0.0365. The number of esters is 1. The van der Waals surface area contributed by atoms with Gasteiger partial charge in [-0.05, 0) is 26.0 Å². The molecular formula is C18H23N3O5. The van der Waals surface area contributed by atoms with Crippen LogP contribution in [0.25, 0.3) is 0 Å². The molecule has 0 aromatic heterocycles. The number of anilines is 1. The Morgan fingerprint density at radius 3 is 2.62 bits per heavy atom. The zero-order valence-corrected chi connectivity index (χ0v) is 15.0. The van der Waals surface area contributed by atoms with Crippen LogP contribution in [-0.2, 0) is 14.3 Å². The first-order valence-electron chi connectivity index (χ1n) is 8.27. The molecule has 140 valence electrons. The van der Waals surface area contributed by atoms with Crippen molar-refractivity contribution >= 4 is 23.5 Å². The number of methoxy groups -OCH3 is 1. The molecule has 3 N–H and O–H groups in total. The first-order chi connectivity index (χ1) is 12.4. The SMILES string of the molecule is COC(=O)C1=C(Nc2ccccc2C(=O)NC(C)C)C(=O)N(CCO)C1. The lowest BCUT2D eigenvalue weighted by molar-refractivity contribution is -0.136. The van der Waals surface area contributed by atoms with Gasteiger partial charge < -0.3 is 25.4 Å². The van der Waals surface area contributed by atoms with E-state index in [4.69, 9.17) is 9.84 Å². The number of ether oxygens (including phenoxy) is 1. The highest BCUT2D eigenvalue weighted by atomic mass is 16.5. The number of carbonyl (C=O) groups excluding carboxylic acids is 3. The van der Waals surface area contributed by atoms with E-state index >= 15 is 0 Å². The van der Waals surface area contributed by atoms with E-state index in [1.807, 2.05) is 13.8 Å². The van der Waals surface area contributed by atoms with Crippen molar-refractivity contribution in [3.8, 4) is 0 Å². The van der Waals surface area contributed by atoms with Crippen molar-refractivity contribution in [2.75, 3.05) is 32.1 Å². The van der Waals surface area contributed by atoms with Gasteiger partial charge in [0.2, 0.25) is 0 Å². The van der Waals surface area contributed by atoms with Crippen LogP contribution in [-0.4, -0.2) is 60.6 Å². The van der Waals surface area contributed by atoms with Crippen LogP contribution in [0.5, 0.6) is 0 Å². The number of benzene rings is 1. The van der Waals surface area contributed by atoms with Gasteiger partial charge in [0.15, 0.2) is 0 Å². The van der Waals surface area contributed by atoms with E-state index in [9.17, 15) is 14.4 Å². The minimum atomic E-state index is -0.634. The van der Waals surface area contributed by atoms with Crippen LogP contribution in [0, 0.1) is 0 Å². The van der Waals surface area contributed by atoms with Crippen molar-refractivity contribution in [1.29, 1.82) is 0 Å². The Morgan fingerprint density at radius 2 is 2.00 bits per heavy atom. The smallest absolute Gasteiger partial charge is 0.337 e. The van der Waals surface area contributed by atoms with Gasteiger partial charge in [0.1, 0.15) is 5.70 Å². The maximum Gasteiger partial charge on any atom is 0.337 e. The first kappa shape index (κ1) is 19.5. The molecule has 0 aliphatic carbocycles. The maximum atomic E-state index is 12.6. The average Bonchev–Trinajstić information content (AvgIpc) is 2.91. The average molecular weight is 361 g/mol. The quantitative estimate of drug-likeness (QED) is 0.611. The molecule has 0 saturated heterocycles. The Labute approximate surface area is 151 Å². The van der Waals surface area contributed by atoms with Gasteiger partial charge in [-0.25, -0.2) is 4.79 Å². The first-order valence-corrected chi connectivity index (χ1v) is 8.27.